The molecule has 21 heavy (non-hydrogen) atoms. The fraction of sp³-hybridized carbons (Fsp3) is 0.500. The molecule has 0 aromatic heterocycles. The van der Waals surface area contributed by atoms with Crippen LogP contribution in [-0.4, -0.2) is 30.1 Å². The van der Waals surface area contributed by atoms with Crippen LogP contribution in [0.25, 0.3) is 0 Å². The van der Waals surface area contributed by atoms with Crippen molar-refractivity contribution in [1.82, 2.24) is 5.32 Å². The van der Waals surface area contributed by atoms with Crippen LogP contribution in [0.4, 0.5) is 5.69 Å². The Bertz CT molecular complexity index is 530. The Hall–Kier alpha value is -1.66. The van der Waals surface area contributed by atoms with Crippen LogP contribution in [0.2, 0.25) is 5.02 Å². The Balaban J connectivity index is 1.87. The van der Waals surface area contributed by atoms with Crippen LogP contribution in [0.5, 0.6) is 0 Å². The molecule has 0 aliphatic heterocycles. The number of nitro groups is 1. The Morgan fingerprint density at radius 2 is 2.14 bits per heavy atom. The lowest BCUT2D eigenvalue weighted by Gasteiger charge is -2.11. The normalized spacial score (nSPS) is 15.1. The zero-order chi connectivity index (χ0) is 15.2. The van der Waals surface area contributed by atoms with Gasteiger partial charge in [-0.2, -0.15) is 0 Å². The van der Waals surface area contributed by atoms with E-state index in [4.69, 9.17) is 16.3 Å². The van der Waals surface area contributed by atoms with Crippen molar-refractivity contribution in [2.45, 2.75) is 31.8 Å². The third-order valence-electron chi connectivity index (χ3n) is 3.44. The summed E-state index contributed by atoms with van der Waals surface area (Å²) in [5, 5.41) is 13.8. The molecule has 0 atom stereocenters. The minimum absolute atomic E-state index is 0.0339. The molecule has 1 aromatic carbocycles. The van der Waals surface area contributed by atoms with Gasteiger partial charge in [-0.1, -0.05) is 24.4 Å². The third kappa shape index (κ3) is 4.41. The van der Waals surface area contributed by atoms with Crippen LogP contribution in [0.1, 0.15) is 36.0 Å². The second-order valence-electron chi connectivity index (χ2n) is 4.95. The van der Waals surface area contributed by atoms with E-state index in [2.05, 4.69) is 5.32 Å². The summed E-state index contributed by atoms with van der Waals surface area (Å²) in [4.78, 5) is 22.3. The average Bonchev–Trinajstić information content (AvgIpc) is 2.96. The highest BCUT2D eigenvalue weighted by Gasteiger charge is 2.20. The molecule has 1 aromatic rings. The summed E-state index contributed by atoms with van der Waals surface area (Å²) in [5.74, 6) is -0.515. The zero-order valence-electron chi connectivity index (χ0n) is 11.5. The molecule has 1 N–H and O–H groups in total. The maximum absolute atomic E-state index is 12.0. The number of benzene rings is 1. The highest BCUT2D eigenvalue weighted by atomic mass is 35.5. The SMILES string of the molecule is O=C(NCCOC1CCCC1)c1cc(Cl)ccc1[N+](=O)[O-]. The lowest BCUT2D eigenvalue weighted by molar-refractivity contribution is -0.385. The first-order valence-corrected chi connectivity index (χ1v) is 7.29. The zero-order valence-corrected chi connectivity index (χ0v) is 12.3. The van der Waals surface area contributed by atoms with E-state index in [1.54, 1.807) is 0 Å². The first-order chi connectivity index (χ1) is 10.1. The van der Waals surface area contributed by atoms with Crippen LogP contribution < -0.4 is 5.32 Å². The van der Waals surface area contributed by atoms with E-state index in [-0.39, 0.29) is 22.4 Å². The molecule has 0 heterocycles. The number of nitrogens with zero attached hydrogens (tertiary/aromatic N) is 1. The lowest BCUT2D eigenvalue weighted by atomic mass is 10.1. The van der Waals surface area contributed by atoms with Crippen molar-refractivity contribution in [3.63, 3.8) is 0 Å². The van der Waals surface area contributed by atoms with Crippen molar-refractivity contribution in [3.8, 4) is 0 Å². The molecule has 1 fully saturated rings. The van der Waals surface area contributed by atoms with Gasteiger partial charge in [-0.15, -0.1) is 0 Å². The predicted octanol–water partition coefficient (Wildman–Crippen LogP) is 2.94. The fourth-order valence-electron chi connectivity index (χ4n) is 2.39. The molecule has 0 bridgehead atoms. The number of rotatable bonds is 6. The first-order valence-electron chi connectivity index (χ1n) is 6.91. The minimum atomic E-state index is -0.597. The minimum Gasteiger partial charge on any atom is -0.376 e. The van der Waals surface area contributed by atoms with E-state index in [0.717, 1.165) is 12.8 Å². The number of amides is 1. The molecule has 6 nitrogen and oxygen atoms in total. The van der Waals surface area contributed by atoms with Crippen molar-refractivity contribution >= 4 is 23.2 Å². The molecule has 0 spiro atoms. The highest BCUT2D eigenvalue weighted by Crippen LogP contribution is 2.23. The summed E-state index contributed by atoms with van der Waals surface area (Å²) in [6.07, 6.45) is 4.78. The molecule has 2 rings (SSSR count). The summed E-state index contributed by atoms with van der Waals surface area (Å²) < 4.78 is 5.62. The van der Waals surface area contributed by atoms with E-state index in [9.17, 15) is 14.9 Å². The van der Waals surface area contributed by atoms with Gasteiger partial charge in [0, 0.05) is 17.6 Å². The Morgan fingerprint density at radius 1 is 1.43 bits per heavy atom. The van der Waals surface area contributed by atoms with Crippen molar-refractivity contribution in [2.75, 3.05) is 13.2 Å². The standard InChI is InChI=1S/C14H17ClN2O4/c15-10-5-6-13(17(19)20)12(9-10)14(18)16-7-8-21-11-3-1-2-4-11/h5-6,9,11H,1-4,7-8H2,(H,16,18). The average molecular weight is 313 g/mol. The van der Waals surface area contributed by atoms with Crippen molar-refractivity contribution in [1.29, 1.82) is 0 Å². The molecule has 114 valence electrons. The fourth-order valence-corrected chi connectivity index (χ4v) is 2.56. The largest absolute Gasteiger partial charge is 0.376 e. The third-order valence-corrected chi connectivity index (χ3v) is 3.68. The molecule has 0 radical (unpaired) electrons. The number of nitro benzene ring substituents is 1. The van der Waals surface area contributed by atoms with Crippen molar-refractivity contribution in [3.05, 3.63) is 38.9 Å². The number of hydrogen-bond donors (Lipinski definition) is 1. The molecule has 0 unspecified atom stereocenters. The van der Waals surface area contributed by atoms with E-state index < -0.39 is 10.8 Å². The van der Waals surface area contributed by atoms with Gasteiger partial charge in [0.05, 0.1) is 17.6 Å². The number of nitrogens with one attached hydrogen (secondary N) is 1. The maximum Gasteiger partial charge on any atom is 0.282 e. The van der Waals surface area contributed by atoms with E-state index in [0.29, 0.717) is 13.2 Å². The van der Waals surface area contributed by atoms with Gasteiger partial charge in [0.1, 0.15) is 5.56 Å². The lowest BCUT2D eigenvalue weighted by Crippen LogP contribution is -2.29. The first kappa shape index (κ1) is 15.7. The summed E-state index contributed by atoms with van der Waals surface area (Å²) in [7, 11) is 0. The summed E-state index contributed by atoms with van der Waals surface area (Å²) >= 11 is 5.79. The van der Waals surface area contributed by atoms with Gasteiger partial charge >= 0.3 is 0 Å². The molecule has 0 saturated heterocycles. The molecule has 1 aliphatic carbocycles. The molecular weight excluding hydrogens is 296 g/mol. The second kappa shape index (κ2) is 7.38. The van der Waals surface area contributed by atoms with Crippen molar-refractivity contribution in [2.24, 2.45) is 0 Å². The Morgan fingerprint density at radius 3 is 2.81 bits per heavy atom. The van der Waals surface area contributed by atoms with Gasteiger partial charge in [0.15, 0.2) is 0 Å². The number of hydrogen-bond acceptors (Lipinski definition) is 4. The number of carbonyl (C=O) groups excluding carboxylic acids is 1. The number of carbonyl (C=O) groups is 1. The van der Waals surface area contributed by atoms with Gasteiger partial charge in [-0.25, -0.2) is 0 Å². The molecule has 1 aliphatic rings. The topological polar surface area (TPSA) is 81.5 Å². The van der Waals surface area contributed by atoms with E-state index in [1.807, 2.05) is 0 Å². The van der Waals surface area contributed by atoms with Crippen LogP contribution in [0.15, 0.2) is 18.2 Å². The molecule has 1 saturated carbocycles. The van der Waals surface area contributed by atoms with Crippen LogP contribution in [0, 0.1) is 10.1 Å². The summed E-state index contributed by atoms with van der Waals surface area (Å²) in [6, 6.07) is 3.92. The van der Waals surface area contributed by atoms with Crippen molar-refractivity contribution < 1.29 is 14.5 Å². The van der Waals surface area contributed by atoms with Gasteiger partial charge in [-0.3, -0.25) is 14.9 Å². The molecular formula is C14H17ClN2O4. The highest BCUT2D eigenvalue weighted by molar-refractivity contribution is 6.31. The van der Waals surface area contributed by atoms with E-state index >= 15 is 0 Å². The quantitative estimate of drug-likeness (QED) is 0.497. The molecule has 1 amide bonds. The van der Waals surface area contributed by atoms with Gasteiger partial charge in [0.2, 0.25) is 0 Å². The van der Waals surface area contributed by atoms with Gasteiger partial charge in [-0.05, 0) is 25.0 Å². The Labute approximate surface area is 127 Å². The summed E-state index contributed by atoms with van der Waals surface area (Å²) in [6.45, 7) is 0.726. The Kier molecular flexibility index (Phi) is 5.52. The van der Waals surface area contributed by atoms with Crippen LogP contribution >= 0.6 is 11.6 Å². The maximum atomic E-state index is 12.0. The smallest absolute Gasteiger partial charge is 0.282 e. The number of ether oxygens (including phenoxy) is 1. The predicted molar refractivity (Wildman–Crippen MR) is 78.6 cm³/mol. The second-order valence-corrected chi connectivity index (χ2v) is 5.39. The monoisotopic (exact) mass is 312 g/mol. The van der Waals surface area contributed by atoms with Crippen LogP contribution in [-0.2, 0) is 4.74 Å². The number of halogens is 1. The van der Waals surface area contributed by atoms with Gasteiger partial charge in [0.25, 0.3) is 11.6 Å². The van der Waals surface area contributed by atoms with E-state index in [1.165, 1.54) is 31.0 Å². The summed E-state index contributed by atoms with van der Waals surface area (Å²) in [5.41, 5.74) is -0.290. The van der Waals surface area contributed by atoms with Gasteiger partial charge < -0.3 is 10.1 Å². The van der Waals surface area contributed by atoms with Crippen LogP contribution in [0.3, 0.4) is 0 Å². The molecule has 7 heteroatoms.